The number of anilines is 1. The molecule has 1 aliphatic rings. The monoisotopic (exact) mass is 277 g/mol. The van der Waals surface area contributed by atoms with E-state index in [9.17, 15) is 0 Å². The molecule has 2 aromatic rings. The Morgan fingerprint density at radius 3 is 3.11 bits per heavy atom. The Balaban J connectivity index is 1.88. The number of nitrogens with one attached hydrogen (secondary N) is 1. The van der Waals surface area contributed by atoms with E-state index < -0.39 is 0 Å². The predicted molar refractivity (Wildman–Crippen MR) is 76.6 cm³/mol. The van der Waals surface area contributed by atoms with Crippen LogP contribution in [0.4, 0.5) is 5.82 Å². The number of aromatic nitrogens is 2. The minimum absolute atomic E-state index is 0.300. The zero-order chi connectivity index (χ0) is 13.2. The van der Waals surface area contributed by atoms with Gasteiger partial charge in [-0.3, -0.25) is 0 Å². The number of hydrogen-bond acceptors (Lipinski definition) is 4. The molecule has 2 unspecified atom stereocenters. The topological polar surface area (TPSA) is 47.0 Å². The van der Waals surface area contributed by atoms with Crippen molar-refractivity contribution in [2.75, 3.05) is 11.9 Å². The van der Waals surface area contributed by atoms with Gasteiger partial charge in [-0.1, -0.05) is 11.6 Å². The normalized spacial score (nSPS) is 23.5. The number of halogens is 1. The summed E-state index contributed by atoms with van der Waals surface area (Å²) in [6.07, 6.45) is 3.88. The van der Waals surface area contributed by atoms with E-state index in [1.165, 1.54) is 0 Å². The molecule has 100 valence electrons. The fourth-order valence-corrected chi connectivity index (χ4v) is 2.63. The van der Waals surface area contributed by atoms with Crippen LogP contribution in [0.2, 0.25) is 5.02 Å². The van der Waals surface area contributed by atoms with Crippen LogP contribution >= 0.6 is 11.6 Å². The minimum Gasteiger partial charge on any atom is -0.378 e. The number of fused-ring (bicyclic) bond motifs is 1. The molecule has 4 nitrogen and oxygen atoms in total. The van der Waals surface area contributed by atoms with Crippen LogP contribution in [0.3, 0.4) is 0 Å². The van der Waals surface area contributed by atoms with E-state index in [-0.39, 0.29) is 0 Å². The molecule has 1 fully saturated rings. The highest BCUT2D eigenvalue weighted by Crippen LogP contribution is 2.25. The van der Waals surface area contributed by atoms with Crippen molar-refractivity contribution in [2.45, 2.75) is 31.9 Å². The molecule has 1 aromatic carbocycles. The standard InChI is InChI=1S/C14H16ClN3O/c1-9-6-11(4-5-19-9)18-14-12-3-2-10(15)7-13(12)16-8-17-14/h2-3,7-9,11H,4-6H2,1H3,(H,16,17,18). The molecular weight excluding hydrogens is 262 g/mol. The van der Waals surface area contributed by atoms with Crippen LogP contribution in [0.25, 0.3) is 10.9 Å². The first kappa shape index (κ1) is 12.6. The lowest BCUT2D eigenvalue weighted by Crippen LogP contribution is -2.32. The van der Waals surface area contributed by atoms with Crippen molar-refractivity contribution in [3.05, 3.63) is 29.5 Å². The van der Waals surface area contributed by atoms with Gasteiger partial charge in [0.15, 0.2) is 0 Å². The molecule has 1 aliphatic heterocycles. The molecule has 0 radical (unpaired) electrons. The summed E-state index contributed by atoms with van der Waals surface area (Å²) >= 11 is 5.98. The Labute approximate surface area is 117 Å². The van der Waals surface area contributed by atoms with Gasteiger partial charge < -0.3 is 10.1 Å². The summed E-state index contributed by atoms with van der Waals surface area (Å²) in [4.78, 5) is 8.60. The van der Waals surface area contributed by atoms with Gasteiger partial charge in [0.2, 0.25) is 0 Å². The van der Waals surface area contributed by atoms with Gasteiger partial charge in [0.1, 0.15) is 12.1 Å². The Morgan fingerprint density at radius 2 is 2.26 bits per heavy atom. The van der Waals surface area contributed by atoms with Crippen LogP contribution in [-0.2, 0) is 4.74 Å². The summed E-state index contributed by atoms with van der Waals surface area (Å²) in [6.45, 7) is 2.90. The molecule has 0 saturated carbocycles. The molecule has 1 aromatic heterocycles. The van der Waals surface area contributed by atoms with E-state index in [1.807, 2.05) is 18.2 Å². The zero-order valence-corrected chi connectivity index (χ0v) is 11.5. The predicted octanol–water partition coefficient (Wildman–Crippen LogP) is 3.26. The first-order valence-corrected chi connectivity index (χ1v) is 6.88. The maximum atomic E-state index is 5.98. The van der Waals surface area contributed by atoms with Crippen LogP contribution in [0.15, 0.2) is 24.5 Å². The lowest BCUT2D eigenvalue weighted by Gasteiger charge is -2.28. The van der Waals surface area contributed by atoms with Gasteiger partial charge in [-0.2, -0.15) is 0 Å². The number of ether oxygens (including phenoxy) is 1. The maximum absolute atomic E-state index is 5.98. The summed E-state index contributed by atoms with van der Waals surface area (Å²) < 4.78 is 5.56. The van der Waals surface area contributed by atoms with Gasteiger partial charge in [0, 0.05) is 23.1 Å². The van der Waals surface area contributed by atoms with Gasteiger partial charge in [0.05, 0.1) is 11.6 Å². The third-order valence-corrected chi connectivity index (χ3v) is 3.66. The summed E-state index contributed by atoms with van der Waals surface area (Å²) in [6, 6.07) is 6.09. The number of rotatable bonds is 2. The minimum atomic E-state index is 0.300. The Morgan fingerprint density at radius 1 is 1.37 bits per heavy atom. The summed E-state index contributed by atoms with van der Waals surface area (Å²) in [5, 5.41) is 5.20. The molecule has 5 heteroatoms. The molecule has 1 N–H and O–H groups in total. The van der Waals surface area contributed by atoms with Crippen molar-refractivity contribution < 1.29 is 4.74 Å². The van der Waals surface area contributed by atoms with Crippen molar-refractivity contribution in [1.29, 1.82) is 0 Å². The van der Waals surface area contributed by atoms with Crippen molar-refractivity contribution in [3.63, 3.8) is 0 Å². The van der Waals surface area contributed by atoms with Gasteiger partial charge in [-0.15, -0.1) is 0 Å². The Kier molecular flexibility index (Phi) is 3.53. The van der Waals surface area contributed by atoms with Crippen LogP contribution in [-0.4, -0.2) is 28.7 Å². The lowest BCUT2D eigenvalue weighted by molar-refractivity contribution is 0.0232. The van der Waals surface area contributed by atoms with Crippen molar-refractivity contribution >= 4 is 28.3 Å². The quantitative estimate of drug-likeness (QED) is 0.915. The van der Waals surface area contributed by atoms with Crippen LogP contribution < -0.4 is 5.32 Å². The second-order valence-electron chi connectivity index (χ2n) is 4.93. The first-order valence-electron chi connectivity index (χ1n) is 6.51. The molecule has 0 aliphatic carbocycles. The van der Waals surface area contributed by atoms with Crippen molar-refractivity contribution in [3.8, 4) is 0 Å². The van der Waals surface area contributed by atoms with E-state index in [1.54, 1.807) is 6.33 Å². The van der Waals surface area contributed by atoms with Gasteiger partial charge >= 0.3 is 0 Å². The van der Waals surface area contributed by atoms with Crippen LogP contribution in [0.1, 0.15) is 19.8 Å². The highest BCUT2D eigenvalue weighted by Gasteiger charge is 2.20. The summed E-state index contributed by atoms with van der Waals surface area (Å²) in [5.41, 5.74) is 0.866. The van der Waals surface area contributed by atoms with Crippen molar-refractivity contribution in [1.82, 2.24) is 9.97 Å². The molecule has 0 amide bonds. The molecule has 0 bridgehead atoms. The van der Waals surface area contributed by atoms with Crippen LogP contribution in [0.5, 0.6) is 0 Å². The van der Waals surface area contributed by atoms with Gasteiger partial charge in [0.25, 0.3) is 0 Å². The number of nitrogens with zero attached hydrogens (tertiary/aromatic N) is 2. The first-order chi connectivity index (χ1) is 9.22. The molecule has 2 atom stereocenters. The second kappa shape index (κ2) is 5.31. The Bertz CT molecular complexity index is 590. The van der Waals surface area contributed by atoms with Gasteiger partial charge in [-0.25, -0.2) is 9.97 Å². The third kappa shape index (κ3) is 2.80. The summed E-state index contributed by atoms with van der Waals surface area (Å²) in [5.74, 6) is 0.876. The fourth-order valence-electron chi connectivity index (χ4n) is 2.47. The van der Waals surface area contributed by atoms with Crippen molar-refractivity contribution in [2.24, 2.45) is 0 Å². The zero-order valence-electron chi connectivity index (χ0n) is 10.8. The molecular formula is C14H16ClN3O. The molecule has 2 heterocycles. The Hall–Kier alpha value is -1.39. The molecule has 0 spiro atoms. The highest BCUT2D eigenvalue weighted by molar-refractivity contribution is 6.31. The smallest absolute Gasteiger partial charge is 0.137 e. The number of benzene rings is 1. The van der Waals surface area contributed by atoms with E-state index >= 15 is 0 Å². The van der Waals surface area contributed by atoms with E-state index in [0.29, 0.717) is 17.2 Å². The largest absolute Gasteiger partial charge is 0.378 e. The van der Waals surface area contributed by atoms with Crippen LogP contribution in [0, 0.1) is 0 Å². The highest BCUT2D eigenvalue weighted by atomic mass is 35.5. The molecule has 19 heavy (non-hydrogen) atoms. The average Bonchev–Trinajstić information content (AvgIpc) is 2.38. The number of hydrogen-bond donors (Lipinski definition) is 1. The average molecular weight is 278 g/mol. The van der Waals surface area contributed by atoms with Gasteiger partial charge in [-0.05, 0) is 38.0 Å². The van der Waals surface area contributed by atoms with E-state index in [4.69, 9.17) is 16.3 Å². The molecule has 1 saturated heterocycles. The van der Waals surface area contributed by atoms with E-state index in [0.717, 1.165) is 36.2 Å². The third-order valence-electron chi connectivity index (χ3n) is 3.42. The fraction of sp³-hybridized carbons (Fsp3) is 0.429. The van der Waals surface area contributed by atoms with E-state index in [2.05, 4.69) is 22.2 Å². The second-order valence-corrected chi connectivity index (χ2v) is 5.37. The lowest BCUT2D eigenvalue weighted by atomic mass is 10.0. The summed E-state index contributed by atoms with van der Waals surface area (Å²) in [7, 11) is 0. The molecule has 3 rings (SSSR count). The maximum Gasteiger partial charge on any atom is 0.137 e. The SMILES string of the molecule is CC1CC(Nc2ncnc3cc(Cl)ccc23)CCO1.